The van der Waals surface area contributed by atoms with Crippen LogP contribution in [0.5, 0.6) is 0 Å². The minimum absolute atomic E-state index is 0.719. The fraction of sp³-hybridized carbons (Fsp3) is 0.667. The van der Waals surface area contributed by atoms with Crippen molar-refractivity contribution >= 4 is 0 Å². The standard InChI is InChI=1S/C9H16N4O/c1-10-13-6-8-5-12(3-4-14-2)11-9(8)7-13/h5,10H,3-4,6-7H2,1-2H3. The normalized spacial score (nSPS) is 16.1. The molecular formula is C9H16N4O. The molecule has 78 valence electrons. The van der Waals surface area contributed by atoms with Crippen molar-refractivity contribution in [2.75, 3.05) is 20.8 Å². The summed E-state index contributed by atoms with van der Waals surface area (Å²) >= 11 is 0. The Bertz CT molecular complexity index is 286. The number of hydrazine groups is 1. The lowest BCUT2D eigenvalue weighted by Crippen LogP contribution is -2.29. The summed E-state index contributed by atoms with van der Waals surface area (Å²) in [7, 11) is 3.64. The lowest BCUT2D eigenvalue weighted by molar-refractivity contribution is 0.181. The number of methoxy groups -OCH3 is 1. The summed E-state index contributed by atoms with van der Waals surface area (Å²) in [4.78, 5) is 0. The summed E-state index contributed by atoms with van der Waals surface area (Å²) in [5.74, 6) is 0. The fourth-order valence-corrected chi connectivity index (χ4v) is 1.67. The van der Waals surface area contributed by atoms with Crippen molar-refractivity contribution in [1.29, 1.82) is 0 Å². The fourth-order valence-electron chi connectivity index (χ4n) is 1.67. The van der Waals surface area contributed by atoms with Crippen LogP contribution in [0.4, 0.5) is 0 Å². The predicted molar refractivity (Wildman–Crippen MR) is 52.4 cm³/mol. The molecule has 0 aliphatic carbocycles. The number of hydrogen-bond acceptors (Lipinski definition) is 4. The zero-order chi connectivity index (χ0) is 9.97. The first kappa shape index (κ1) is 9.64. The van der Waals surface area contributed by atoms with Crippen molar-refractivity contribution in [1.82, 2.24) is 20.2 Å². The SMILES string of the molecule is CNN1Cc2cn(CCOC)nc2C1. The summed E-state index contributed by atoms with van der Waals surface area (Å²) in [5, 5.41) is 6.62. The second-order valence-corrected chi connectivity index (χ2v) is 3.44. The molecule has 2 heterocycles. The smallest absolute Gasteiger partial charge is 0.0825 e. The number of nitrogens with one attached hydrogen (secondary N) is 1. The molecule has 1 aromatic rings. The monoisotopic (exact) mass is 196 g/mol. The molecule has 1 aromatic heterocycles. The summed E-state index contributed by atoms with van der Waals surface area (Å²) < 4.78 is 6.96. The lowest BCUT2D eigenvalue weighted by atomic mass is 10.3. The number of fused-ring (bicyclic) bond motifs is 1. The third kappa shape index (κ3) is 1.79. The van der Waals surface area contributed by atoms with Crippen molar-refractivity contribution in [3.8, 4) is 0 Å². The molecule has 0 fully saturated rings. The van der Waals surface area contributed by atoms with Gasteiger partial charge in [0.25, 0.3) is 0 Å². The average molecular weight is 196 g/mol. The Labute approximate surface area is 83.6 Å². The molecule has 0 atom stereocenters. The van der Waals surface area contributed by atoms with Gasteiger partial charge in [0.2, 0.25) is 0 Å². The van der Waals surface area contributed by atoms with E-state index >= 15 is 0 Å². The number of rotatable bonds is 4. The van der Waals surface area contributed by atoms with Gasteiger partial charge in [-0.05, 0) is 7.05 Å². The summed E-state index contributed by atoms with van der Waals surface area (Å²) in [6.45, 7) is 3.39. The zero-order valence-electron chi connectivity index (χ0n) is 8.66. The molecule has 0 aromatic carbocycles. The molecular weight excluding hydrogens is 180 g/mol. The van der Waals surface area contributed by atoms with Gasteiger partial charge in [-0.15, -0.1) is 0 Å². The van der Waals surface area contributed by atoms with Crippen LogP contribution in [0, 0.1) is 0 Å². The van der Waals surface area contributed by atoms with Crippen LogP contribution in [0.1, 0.15) is 11.3 Å². The highest BCUT2D eigenvalue weighted by Gasteiger charge is 2.20. The van der Waals surface area contributed by atoms with Crippen molar-refractivity contribution in [3.63, 3.8) is 0 Å². The Balaban J connectivity index is 2.00. The molecule has 0 bridgehead atoms. The summed E-state index contributed by atoms with van der Waals surface area (Å²) in [6.07, 6.45) is 2.10. The van der Waals surface area contributed by atoms with Gasteiger partial charge in [-0.2, -0.15) is 5.10 Å². The van der Waals surface area contributed by atoms with Crippen molar-refractivity contribution in [3.05, 3.63) is 17.5 Å². The predicted octanol–water partition coefficient (Wildman–Crippen LogP) is -0.0205. The first-order chi connectivity index (χ1) is 6.83. The Hall–Kier alpha value is -0.910. The highest BCUT2D eigenvalue weighted by Crippen LogP contribution is 2.18. The number of ether oxygens (including phenoxy) is 1. The lowest BCUT2D eigenvalue weighted by Gasteiger charge is -2.12. The van der Waals surface area contributed by atoms with Crippen LogP contribution < -0.4 is 5.43 Å². The van der Waals surface area contributed by atoms with E-state index in [0.717, 1.165) is 26.2 Å². The van der Waals surface area contributed by atoms with E-state index in [4.69, 9.17) is 4.74 Å². The van der Waals surface area contributed by atoms with Crippen LogP contribution in [0.15, 0.2) is 6.20 Å². The Morgan fingerprint density at radius 1 is 1.57 bits per heavy atom. The maximum atomic E-state index is 5.01. The van der Waals surface area contributed by atoms with Gasteiger partial charge in [-0.25, -0.2) is 5.01 Å². The van der Waals surface area contributed by atoms with Gasteiger partial charge in [0.05, 0.1) is 25.4 Å². The van der Waals surface area contributed by atoms with Crippen molar-refractivity contribution in [2.45, 2.75) is 19.6 Å². The summed E-state index contributed by atoms with van der Waals surface area (Å²) in [6, 6.07) is 0. The second-order valence-electron chi connectivity index (χ2n) is 3.44. The van der Waals surface area contributed by atoms with E-state index in [1.807, 2.05) is 11.7 Å². The van der Waals surface area contributed by atoms with Gasteiger partial charge in [0.15, 0.2) is 0 Å². The third-order valence-electron chi connectivity index (χ3n) is 2.47. The molecule has 5 heteroatoms. The molecule has 0 radical (unpaired) electrons. The number of hydrogen-bond donors (Lipinski definition) is 1. The second kappa shape index (κ2) is 4.08. The van der Waals surface area contributed by atoms with Crippen LogP contribution in [0.3, 0.4) is 0 Å². The van der Waals surface area contributed by atoms with Gasteiger partial charge in [0, 0.05) is 25.4 Å². The topological polar surface area (TPSA) is 42.3 Å². The molecule has 0 unspecified atom stereocenters. The number of nitrogens with zero attached hydrogens (tertiary/aromatic N) is 3. The minimum atomic E-state index is 0.719. The van der Waals surface area contributed by atoms with Gasteiger partial charge in [-0.3, -0.25) is 10.1 Å². The van der Waals surface area contributed by atoms with Crippen LogP contribution in [0.2, 0.25) is 0 Å². The van der Waals surface area contributed by atoms with Crippen LogP contribution in [0.25, 0.3) is 0 Å². The van der Waals surface area contributed by atoms with E-state index in [0.29, 0.717) is 0 Å². The van der Waals surface area contributed by atoms with E-state index in [9.17, 15) is 0 Å². The molecule has 0 amide bonds. The maximum Gasteiger partial charge on any atom is 0.0825 e. The van der Waals surface area contributed by atoms with Gasteiger partial charge in [-0.1, -0.05) is 0 Å². The molecule has 1 aliphatic rings. The summed E-state index contributed by atoms with van der Waals surface area (Å²) in [5.41, 5.74) is 5.61. The Morgan fingerprint density at radius 2 is 2.43 bits per heavy atom. The first-order valence-corrected chi connectivity index (χ1v) is 4.80. The maximum absolute atomic E-state index is 5.01. The molecule has 0 spiro atoms. The Kier molecular flexibility index (Phi) is 2.81. The highest BCUT2D eigenvalue weighted by molar-refractivity contribution is 5.20. The molecule has 0 saturated carbocycles. The average Bonchev–Trinajstić information content (AvgIpc) is 2.71. The van der Waals surface area contributed by atoms with Crippen LogP contribution in [-0.2, 0) is 24.4 Å². The van der Waals surface area contributed by atoms with Crippen LogP contribution >= 0.6 is 0 Å². The highest BCUT2D eigenvalue weighted by atomic mass is 16.5. The van der Waals surface area contributed by atoms with E-state index in [-0.39, 0.29) is 0 Å². The number of aromatic nitrogens is 2. The zero-order valence-corrected chi connectivity index (χ0v) is 8.66. The molecule has 1 aliphatic heterocycles. The van der Waals surface area contributed by atoms with E-state index < -0.39 is 0 Å². The quantitative estimate of drug-likeness (QED) is 0.735. The minimum Gasteiger partial charge on any atom is -0.383 e. The van der Waals surface area contributed by atoms with Crippen molar-refractivity contribution in [2.24, 2.45) is 0 Å². The molecule has 0 saturated heterocycles. The van der Waals surface area contributed by atoms with E-state index in [2.05, 4.69) is 21.7 Å². The first-order valence-electron chi connectivity index (χ1n) is 4.80. The molecule has 1 N–H and O–H groups in total. The van der Waals surface area contributed by atoms with Crippen molar-refractivity contribution < 1.29 is 4.74 Å². The molecule has 14 heavy (non-hydrogen) atoms. The van der Waals surface area contributed by atoms with Gasteiger partial charge in [0.1, 0.15) is 0 Å². The third-order valence-corrected chi connectivity index (χ3v) is 2.47. The molecule has 5 nitrogen and oxygen atoms in total. The van der Waals surface area contributed by atoms with Gasteiger partial charge >= 0.3 is 0 Å². The van der Waals surface area contributed by atoms with E-state index in [1.165, 1.54) is 11.3 Å². The van der Waals surface area contributed by atoms with E-state index in [1.54, 1.807) is 7.11 Å². The Morgan fingerprint density at radius 3 is 3.07 bits per heavy atom. The largest absolute Gasteiger partial charge is 0.383 e. The van der Waals surface area contributed by atoms with Crippen LogP contribution in [-0.4, -0.2) is 35.6 Å². The van der Waals surface area contributed by atoms with Gasteiger partial charge < -0.3 is 4.74 Å². The molecule has 2 rings (SSSR count).